The number of primary amides is 1. The minimum absolute atomic E-state index is 0.00935. The number of aliphatic carboxylic acids is 1. The predicted octanol–water partition coefficient (Wildman–Crippen LogP) is 1.53. The Morgan fingerprint density at radius 1 is 1.41 bits per heavy atom. The second-order valence-corrected chi connectivity index (χ2v) is 5.30. The van der Waals surface area contributed by atoms with Crippen LogP contribution >= 0.6 is 11.6 Å². The molecule has 2 atom stereocenters. The second kappa shape index (κ2) is 5.64. The third-order valence-electron chi connectivity index (χ3n) is 3.46. The van der Waals surface area contributed by atoms with Crippen molar-refractivity contribution in [2.24, 2.45) is 17.6 Å². The summed E-state index contributed by atoms with van der Waals surface area (Å²) >= 11 is 5.90. The number of carbonyl (C=O) groups is 2. The van der Waals surface area contributed by atoms with Gasteiger partial charge in [-0.2, -0.15) is 13.2 Å². The molecule has 1 saturated heterocycles. The first kappa shape index (κ1) is 16.3. The van der Waals surface area contributed by atoms with Gasteiger partial charge in [0.2, 0.25) is 5.91 Å². The Hall–Kier alpha value is -2.03. The summed E-state index contributed by atoms with van der Waals surface area (Å²) in [6, 6.07) is 1.18. The summed E-state index contributed by atoms with van der Waals surface area (Å²) in [5.74, 6) is -5.94. The van der Waals surface area contributed by atoms with E-state index in [-0.39, 0.29) is 22.9 Å². The monoisotopic (exact) mass is 337 g/mol. The van der Waals surface area contributed by atoms with Crippen molar-refractivity contribution in [3.05, 3.63) is 22.8 Å². The van der Waals surface area contributed by atoms with Gasteiger partial charge in [-0.05, 0) is 6.07 Å². The van der Waals surface area contributed by atoms with Crippen LogP contribution in [0, 0.1) is 11.8 Å². The maximum Gasteiger partial charge on any atom is 0.394 e. The van der Waals surface area contributed by atoms with Crippen molar-refractivity contribution >= 4 is 29.3 Å². The first-order valence-corrected chi connectivity index (χ1v) is 6.49. The molecule has 1 aromatic heterocycles. The van der Waals surface area contributed by atoms with Crippen LogP contribution in [0.15, 0.2) is 12.3 Å². The van der Waals surface area contributed by atoms with Crippen molar-refractivity contribution < 1.29 is 27.9 Å². The lowest BCUT2D eigenvalue weighted by Crippen LogP contribution is -2.33. The number of hydrogen-bond acceptors (Lipinski definition) is 4. The lowest BCUT2D eigenvalue weighted by Gasteiger charge is -2.19. The van der Waals surface area contributed by atoms with Crippen LogP contribution in [0.25, 0.3) is 0 Å². The molecule has 120 valence electrons. The number of nitrogens with zero attached hydrogens (tertiary/aromatic N) is 2. The van der Waals surface area contributed by atoms with E-state index >= 15 is 0 Å². The van der Waals surface area contributed by atoms with E-state index in [4.69, 9.17) is 22.4 Å². The Kier molecular flexibility index (Phi) is 4.19. The molecule has 0 aliphatic carbocycles. The highest BCUT2D eigenvalue weighted by atomic mass is 35.5. The van der Waals surface area contributed by atoms with Crippen LogP contribution in [-0.2, 0) is 4.79 Å². The van der Waals surface area contributed by atoms with Gasteiger partial charge < -0.3 is 15.7 Å². The normalized spacial score (nSPS) is 21.9. The van der Waals surface area contributed by atoms with Crippen LogP contribution in [0.5, 0.6) is 0 Å². The van der Waals surface area contributed by atoms with Gasteiger partial charge >= 0.3 is 12.1 Å². The number of amides is 1. The molecule has 1 aliphatic rings. The molecule has 1 aliphatic heterocycles. The zero-order chi connectivity index (χ0) is 16.7. The number of anilines is 1. The average Bonchev–Trinajstić information content (AvgIpc) is 2.83. The quantitative estimate of drug-likeness (QED) is 0.872. The molecule has 10 heteroatoms. The standard InChI is InChI=1S/C12H11ClF3N3O3/c13-8-1-5(9(17)20)2-18-10(8)19-3-6(11(21)22)7(4-19)12(14,15)16/h1-2,6-7H,3-4H2,(H2,17,20)(H,21,22)/t6-,7-/m1/s1. The zero-order valence-electron chi connectivity index (χ0n) is 11.0. The van der Waals surface area contributed by atoms with Crippen LogP contribution in [0.3, 0.4) is 0 Å². The zero-order valence-corrected chi connectivity index (χ0v) is 11.7. The number of carboxylic acids is 1. The Labute approximate surface area is 127 Å². The molecule has 0 unspecified atom stereocenters. The van der Waals surface area contributed by atoms with E-state index in [1.165, 1.54) is 6.07 Å². The maximum atomic E-state index is 12.9. The molecule has 1 amide bonds. The number of carbonyl (C=O) groups excluding carboxylic acids is 1. The SMILES string of the molecule is NC(=O)c1cnc(N2C[C@@H](C(F)(F)F)[C@H](C(=O)O)C2)c(Cl)c1. The average molecular weight is 338 g/mol. The molecule has 0 saturated carbocycles. The highest BCUT2D eigenvalue weighted by Crippen LogP contribution is 2.40. The third-order valence-corrected chi connectivity index (χ3v) is 3.74. The predicted molar refractivity (Wildman–Crippen MR) is 70.6 cm³/mol. The number of alkyl halides is 3. The van der Waals surface area contributed by atoms with E-state index in [9.17, 15) is 22.8 Å². The number of carboxylic acid groups (broad SMARTS) is 1. The molecule has 0 bridgehead atoms. The van der Waals surface area contributed by atoms with E-state index in [1.54, 1.807) is 0 Å². The molecular weight excluding hydrogens is 327 g/mol. The van der Waals surface area contributed by atoms with Crippen LogP contribution in [0.4, 0.5) is 19.0 Å². The fraction of sp³-hybridized carbons (Fsp3) is 0.417. The summed E-state index contributed by atoms with van der Waals surface area (Å²) < 4.78 is 38.8. The summed E-state index contributed by atoms with van der Waals surface area (Å²) in [5.41, 5.74) is 5.06. The minimum atomic E-state index is -4.64. The van der Waals surface area contributed by atoms with Crippen molar-refractivity contribution in [3.63, 3.8) is 0 Å². The fourth-order valence-electron chi connectivity index (χ4n) is 2.36. The molecule has 0 spiro atoms. The summed E-state index contributed by atoms with van der Waals surface area (Å²) in [4.78, 5) is 27.0. The van der Waals surface area contributed by atoms with E-state index in [0.717, 1.165) is 11.1 Å². The van der Waals surface area contributed by atoms with E-state index < -0.39 is 36.4 Å². The van der Waals surface area contributed by atoms with Gasteiger partial charge in [0.05, 0.1) is 22.4 Å². The Morgan fingerprint density at radius 3 is 2.45 bits per heavy atom. The van der Waals surface area contributed by atoms with Crippen LogP contribution in [0.2, 0.25) is 5.02 Å². The van der Waals surface area contributed by atoms with Gasteiger partial charge in [-0.15, -0.1) is 0 Å². The van der Waals surface area contributed by atoms with Gasteiger partial charge in [0.1, 0.15) is 5.82 Å². The molecule has 1 fully saturated rings. The largest absolute Gasteiger partial charge is 0.481 e. The summed E-state index contributed by atoms with van der Waals surface area (Å²) in [7, 11) is 0. The van der Waals surface area contributed by atoms with Crippen molar-refractivity contribution in [3.8, 4) is 0 Å². The van der Waals surface area contributed by atoms with E-state index in [1.807, 2.05) is 0 Å². The first-order chi connectivity index (χ1) is 10.1. The van der Waals surface area contributed by atoms with E-state index in [0.29, 0.717) is 0 Å². The lowest BCUT2D eigenvalue weighted by molar-refractivity contribution is -0.187. The summed E-state index contributed by atoms with van der Waals surface area (Å²) in [6.07, 6.45) is -3.56. The van der Waals surface area contributed by atoms with Gasteiger partial charge in [-0.3, -0.25) is 9.59 Å². The van der Waals surface area contributed by atoms with Crippen molar-refractivity contribution in [2.75, 3.05) is 18.0 Å². The molecule has 2 heterocycles. The van der Waals surface area contributed by atoms with Crippen LogP contribution in [0.1, 0.15) is 10.4 Å². The van der Waals surface area contributed by atoms with Crippen LogP contribution < -0.4 is 10.6 Å². The summed E-state index contributed by atoms with van der Waals surface area (Å²) in [5, 5.41) is 8.89. The van der Waals surface area contributed by atoms with Crippen molar-refractivity contribution in [1.82, 2.24) is 4.98 Å². The molecule has 3 N–H and O–H groups in total. The second-order valence-electron chi connectivity index (χ2n) is 4.89. The molecular formula is C12H11ClF3N3O3. The molecule has 0 radical (unpaired) electrons. The Morgan fingerprint density at radius 2 is 2.05 bits per heavy atom. The molecule has 1 aromatic rings. The smallest absolute Gasteiger partial charge is 0.394 e. The van der Waals surface area contributed by atoms with Gasteiger partial charge in [-0.1, -0.05) is 11.6 Å². The fourth-order valence-corrected chi connectivity index (χ4v) is 2.64. The van der Waals surface area contributed by atoms with Gasteiger partial charge in [-0.25, -0.2) is 4.98 Å². The minimum Gasteiger partial charge on any atom is -0.481 e. The van der Waals surface area contributed by atoms with E-state index in [2.05, 4.69) is 4.98 Å². The van der Waals surface area contributed by atoms with Gasteiger partial charge in [0.15, 0.2) is 0 Å². The maximum absolute atomic E-state index is 12.9. The number of nitrogens with two attached hydrogens (primary N) is 1. The molecule has 0 aromatic carbocycles. The summed E-state index contributed by atoms with van der Waals surface area (Å²) in [6.45, 7) is -0.939. The lowest BCUT2D eigenvalue weighted by atomic mass is 9.96. The van der Waals surface area contributed by atoms with Gasteiger partial charge in [0.25, 0.3) is 0 Å². The van der Waals surface area contributed by atoms with Crippen LogP contribution in [-0.4, -0.2) is 41.2 Å². The van der Waals surface area contributed by atoms with Gasteiger partial charge in [0, 0.05) is 19.3 Å². The number of pyridine rings is 1. The molecule has 6 nitrogen and oxygen atoms in total. The Bertz CT molecular complexity index is 623. The Balaban J connectivity index is 2.31. The molecule has 2 rings (SSSR count). The number of hydrogen-bond donors (Lipinski definition) is 2. The number of aromatic nitrogens is 1. The molecule has 22 heavy (non-hydrogen) atoms. The van der Waals surface area contributed by atoms with Crippen molar-refractivity contribution in [2.45, 2.75) is 6.18 Å². The van der Waals surface area contributed by atoms with Crippen molar-refractivity contribution in [1.29, 1.82) is 0 Å². The third kappa shape index (κ3) is 3.08. The topological polar surface area (TPSA) is 96.5 Å². The highest BCUT2D eigenvalue weighted by Gasteiger charge is 2.53. The highest BCUT2D eigenvalue weighted by molar-refractivity contribution is 6.33. The number of halogens is 4. The first-order valence-electron chi connectivity index (χ1n) is 6.11. The number of rotatable bonds is 3.